The van der Waals surface area contributed by atoms with Crippen LogP contribution in [0.5, 0.6) is 0 Å². The van der Waals surface area contributed by atoms with Gasteiger partial charge in [-0.25, -0.2) is 0 Å². The van der Waals surface area contributed by atoms with Gasteiger partial charge in [0, 0.05) is 5.02 Å². The zero-order chi connectivity index (χ0) is 6.69. The molecule has 0 bridgehead atoms. The SMILES string of the molecule is C[SiH2]c1cccc(Cl)c1. The Hall–Kier alpha value is -0.273. The fourth-order valence-electron chi connectivity index (χ4n) is 0.757. The molecule has 1 aromatic rings. The highest BCUT2D eigenvalue weighted by Gasteiger charge is 1.88. The third-order valence-corrected chi connectivity index (χ3v) is 2.79. The van der Waals surface area contributed by atoms with E-state index >= 15 is 0 Å². The fraction of sp³-hybridized carbons (Fsp3) is 0.143. The van der Waals surface area contributed by atoms with Gasteiger partial charge in [0.05, 0.1) is 9.52 Å². The van der Waals surface area contributed by atoms with Crippen LogP contribution in [0.25, 0.3) is 0 Å². The number of halogens is 1. The van der Waals surface area contributed by atoms with Gasteiger partial charge in [0.25, 0.3) is 0 Å². The van der Waals surface area contributed by atoms with Gasteiger partial charge < -0.3 is 0 Å². The maximum Gasteiger partial charge on any atom is 0.0517 e. The minimum atomic E-state index is -0.0146. The molecule has 0 spiro atoms. The van der Waals surface area contributed by atoms with Crippen LogP contribution in [-0.4, -0.2) is 9.52 Å². The van der Waals surface area contributed by atoms with Gasteiger partial charge in [-0.2, -0.15) is 0 Å². The fourth-order valence-corrected chi connectivity index (χ4v) is 1.89. The predicted octanol–water partition coefficient (Wildman–Crippen LogP) is 1.18. The minimum absolute atomic E-state index is 0.0146. The Morgan fingerprint density at radius 3 is 2.67 bits per heavy atom. The Morgan fingerprint density at radius 2 is 2.22 bits per heavy atom. The molecule has 0 amide bonds. The molecule has 0 radical (unpaired) electrons. The summed E-state index contributed by atoms with van der Waals surface area (Å²) >= 11 is 5.75. The van der Waals surface area contributed by atoms with Crippen molar-refractivity contribution >= 4 is 26.3 Å². The summed E-state index contributed by atoms with van der Waals surface area (Å²) in [6, 6.07) is 8.11. The van der Waals surface area contributed by atoms with E-state index in [0.29, 0.717) is 0 Å². The lowest BCUT2D eigenvalue weighted by atomic mass is 10.4. The molecule has 0 saturated heterocycles. The molecule has 0 aliphatic carbocycles. The van der Waals surface area contributed by atoms with E-state index in [4.69, 9.17) is 11.6 Å². The molecule has 0 nitrogen and oxygen atoms in total. The van der Waals surface area contributed by atoms with Crippen molar-refractivity contribution in [2.24, 2.45) is 0 Å². The van der Waals surface area contributed by atoms with Gasteiger partial charge in [0.2, 0.25) is 0 Å². The van der Waals surface area contributed by atoms with Crippen molar-refractivity contribution < 1.29 is 0 Å². The second kappa shape index (κ2) is 3.04. The van der Waals surface area contributed by atoms with E-state index in [1.807, 2.05) is 18.2 Å². The standard InChI is InChI=1S/C7H9ClSi/c1-9-7-4-2-3-6(8)5-7/h2-5H,9H2,1H3. The number of rotatable bonds is 1. The van der Waals surface area contributed by atoms with Crippen LogP contribution in [0.1, 0.15) is 0 Å². The summed E-state index contributed by atoms with van der Waals surface area (Å²) in [6.07, 6.45) is 0. The molecule has 0 aromatic heterocycles. The van der Waals surface area contributed by atoms with Gasteiger partial charge >= 0.3 is 0 Å². The van der Waals surface area contributed by atoms with Crippen LogP contribution in [0.15, 0.2) is 24.3 Å². The molecule has 9 heavy (non-hydrogen) atoms. The first-order valence-electron chi connectivity index (χ1n) is 3.07. The highest BCUT2D eigenvalue weighted by Crippen LogP contribution is 2.02. The van der Waals surface area contributed by atoms with Crippen molar-refractivity contribution in [2.45, 2.75) is 6.55 Å². The summed E-state index contributed by atoms with van der Waals surface area (Å²) in [7, 11) is -0.0146. The first kappa shape index (κ1) is 6.84. The average Bonchev–Trinajstić information content (AvgIpc) is 1.88. The number of benzene rings is 1. The summed E-state index contributed by atoms with van der Waals surface area (Å²) in [5.74, 6) is 0. The monoisotopic (exact) mass is 156 g/mol. The van der Waals surface area contributed by atoms with Crippen LogP contribution in [0, 0.1) is 0 Å². The van der Waals surface area contributed by atoms with E-state index in [0.717, 1.165) is 5.02 Å². The highest BCUT2D eigenvalue weighted by molar-refractivity contribution is 6.52. The lowest BCUT2D eigenvalue weighted by molar-refractivity contribution is 1.76. The van der Waals surface area contributed by atoms with Crippen LogP contribution < -0.4 is 5.19 Å². The molecule has 2 heteroatoms. The molecule has 0 aliphatic heterocycles. The van der Waals surface area contributed by atoms with Crippen molar-refractivity contribution in [1.29, 1.82) is 0 Å². The van der Waals surface area contributed by atoms with E-state index < -0.39 is 0 Å². The minimum Gasteiger partial charge on any atom is -0.0844 e. The molecule has 0 aliphatic rings. The Bertz CT molecular complexity index is 198. The summed E-state index contributed by atoms with van der Waals surface area (Å²) in [6.45, 7) is 2.26. The number of hydrogen-bond acceptors (Lipinski definition) is 0. The van der Waals surface area contributed by atoms with Crippen LogP contribution >= 0.6 is 11.6 Å². The van der Waals surface area contributed by atoms with Crippen molar-refractivity contribution in [3.63, 3.8) is 0 Å². The maximum absolute atomic E-state index is 5.75. The third kappa shape index (κ3) is 1.84. The summed E-state index contributed by atoms with van der Waals surface area (Å²) in [4.78, 5) is 0. The maximum atomic E-state index is 5.75. The zero-order valence-electron chi connectivity index (χ0n) is 5.39. The number of hydrogen-bond donors (Lipinski definition) is 0. The third-order valence-electron chi connectivity index (χ3n) is 1.30. The van der Waals surface area contributed by atoms with E-state index in [-0.39, 0.29) is 9.52 Å². The largest absolute Gasteiger partial charge is 0.0844 e. The van der Waals surface area contributed by atoms with Crippen LogP contribution in [0.2, 0.25) is 11.6 Å². The quantitative estimate of drug-likeness (QED) is 0.536. The molecular weight excluding hydrogens is 148 g/mol. The lowest BCUT2D eigenvalue weighted by Gasteiger charge is -1.93. The van der Waals surface area contributed by atoms with Crippen molar-refractivity contribution in [3.8, 4) is 0 Å². The van der Waals surface area contributed by atoms with Crippen molar-refractivity contribution in [2.75, 3.05) is 0 Å². The lowest BCUT2D eigenvalue weighted by Crippen LogP contribution is -2.08. The first-order chi connectivity index (χ1) is 4.33. The summed E-state index contributed by atoms with van der Waals surface area (Å²) < 4.78 is 0. The van der Waals surface area contributed by atoms with Gasteiger partial charge in [-0.05, 0) is 12.1 Å². The van der Waals surface area contributed by atoms with E-state index in [2.05, 4.69) is 12.6 Å². The van der Waals surface area contributed by atoms with Crippen molar-refractivity contribution in [1.82, 2.24) is 0 Å². The van der Waals surface area contributed by atoms with Crippen LogP contribution in [0.3, 0.4) is 0 Å². The molecule has 1 aromatic carbocycles. The van der Waals surface area contributed by atoms with Gasteiger partial charge in [-0.3, -0.25) is 0 Å². The molecule has 0 saturated carbocycles. The molecule has 0 fully saturated rings. The van der Waals surface area contributed by atoms with Crippen LogP contribution in [-0.2, 0) is 0 Å². The molecule has 1 rings (SSSR count). The van der Waals surface area contributed by atoms with Gasteiger partial charge in [0.15, 0.2) is 0 Å². The first-order valence-corrected chi connectivity index (χ1v) is 5.57. The average molecular weight is 157 g/mol. The summed E-state index contributed by atoms with van der Waals surface area (Å²) in [5, 5.41) is 2.30. The Labute approximate surface area is 62.7 Å². The molecule has 0 N–H and O–H groups in total. The molecule has 0 unspecified atom stereocenters. The molecule has 0 heterocycles. The summed E-state index contributed by atoms with van der Waals surface area (Å²) in [5.41, 5.74) is 0. The zero-order valence-corrected chi connectivity index (χ0v) is 7.56. The predicted molar refractivity (Wildman–Crippen MR) is 45.5 cm³/mol. The van der Waals surface area contributed by atoms with E-state index in [1.54, 1.807) is 0 Å². The Balaban J connectivity index is 2.94. The van der Waals surface area contributed by atoms with Gasteiger partial charge in [-0.15, -0.1) is 0 Å². The van der Waals surface area contributed by atoms with Gasteiger partial charge in [-0.1, -0.05) is 35.5 Å². The normalized spacial score (nSPS) is 10.9. The van der Waals surface area contributed by atoms with Gasteiger partial charge in [0.1, 0.15) is 0 Å². The Morgan fingerprint density at radius 1 is 1.44 bits per heavy atom. The Kier molecular flexibility index (Phi) is 2.31. The smallest absolute Gasteiger partial charge is 0.0517 e. The molecule has 0 atom stereocenters. The second-order valence-corrected chi connectivity index (χ2v) is 3.94. The van der Waals surface area contributed by atoms with Crippen LogP contribution in [0.4, 0.5) is 0 Å². The van der Waals surface area contributed by atoms with E-state index in [9.17, 15) is 0 Å². The highest BCUT2D eigenvalue weighted by atomic mass is 35.5. The second-order valence-electron chi connectivity index (χ2n) is 1.98. The molecule has 48 valence electrons. The van der Waals surface area contributed by atoms with Crippen molar-refractivity contribution in [3.05, 3.63) is 29.3 Å². The van der Waals surface area contributed by atoms with E-state index in [1.165, 1.54) is 5.19 Å². The molecular formula is C7H9ClSi. The topological polar surface area (TPSA) is 0 Å².